The molecule has 2 nitrogen and oxygen atoms in total. The van der Waals surface area contributed by atoms with Crippen LogP contribution in [0.2, 0.25) is 0 Å². The Kier molecular flexibility index (Phi) is 2.47. The van der Waals surface area contributed by atoms with Crippen molar-refractivity contribution in [3.8, 4) is 0 Å². The second-order valence-corrected chi connectivity index (χ2v) is 4.41. The molecule has 0 amide bonds. The van der Waals surface area contributed by atoms with Crippen molar-refractivity contribution in [2.75, 3.05) is 6.61 Å². The van der Waals surface area contributed by atoms with E-state index in [2.05, 4.69) is 22.5 Å². The third kappa shape index (κ3) is 1.81. The van der Waals surface area contributed by atoms with Gasteiger partial charge in [0.15, 0.2) is 0 Å². The predicted octanol–water partition coefficient (Wildman–Crippen LogP) is 2.01. The number of aromatic nitrogens is 1. The Hall–Kier alpha value is -0.670. The van der Waals surface area contributed by atoms with Crippen molar-refractivity contribution in [2.45, 2.75) is 19.3 Å². The number of aliphatic hydroxyl groups excluding tert-OH is 1. The molecule has 0 aromatic carbocycles. The van der Waals surface area contributed by atoms with Crippen LogP contribution in [-0.2, 0) is 6.42 Å². The fourth-order valence-electron chi connectivity index (χ4n) is 1.79. The normalized spacial score (nSPS) is 19.5. The lowest BCUT2D eigenvalue weighted by atomic mass is 9.82. The molecule has 1 aromatic rings. The Labute approximate surface area is 81.9 Å². The second-order valence-electron chi connectivity index (χ2n) is 3.69. The van der Waals surface area contributed by atoms with Crippen molar-refractivity contribution in [3.05, 3.63) is 28.7 Å². The van der Waals surface area contributed by atoms with Crippen LogP contribution in [-0.4, -0.2) is 16.7 Å². The number of hydrogen-bond donors (Lipinski definition) is 1. The van der Waals surface area contributed by atoms with Crippen LogP contribution in [0.1, 0.15) is 18.5 Å². The van der Waals surface area contributed by atoms with Crippen molar-refractivity contribution in [1.82, 2.24) is 4.98 Å². The first-order chi connectivity index (χ1) is 6.35. The monoisotopic (exact) mass is 195 g/mol. The molecule has 3 heteroatoms. The second kappa shape index (κ2) is 3.60. The molecule has 2 rings (SSSR count). The lowest BCUT2D eigenvalue weighted by Crippen LogP contribution is -2.24. The molecule has 0 saturated carbocycles. The van der Waals surface area contributed by atoms with Gasteiger partial charge in [0.25, 0.3) is 0 Å². The zero-order chi connectivity index (χ0) is 9.15. The van der Waals surface area contributed by atoms with E-state index >= 15 is 0 Å². The molecule has 0 saturated heterocycles. The molecule has 0 spiro atoms. The van der Waals surface area contributed by atoms with Gasteiger partial charge in [0, 0.05) is 17.4 Å². The van der Waals surface area contributed by atoms with Gasteiger partial charge in [-0.2, -0.15) is 0 Å². The van der Waals surface area contributed by atoms with Gasteiger partial charge in [-0.15, -0.1) is 11.3 Å². The number of nitrogens with zero attached hydrogens (tertiary/aromatic N) is 1. The Morgan fingerprint density at radius 3 is 2.77 bits per heavy atom. The molecule has 70 valence electrons. The summed E-state index contributed by atoms with van der Waals surface area (Å²) in [6.07, 6.45) is 7.19. The quantitative estimate of drug-likeness (QED) is 0.748. The molecular formula is C10H13NOS. The lowest BCUT2D eigenvalue weighted by Gasteiger charge is -2.25. The van der Waals surface area contributed by atoms with Crippen LogP contribution in [0.5, 0.6) is 0 Å². The van der Waals surface area contributed by atoms with Crippen molar-refractivity contribution in [2.24, 2.45) is 5.41 Å². The van der Waals surface area contributed by atoms with Crippen LogP contribution >= 0.6 is 11.3 Å². The highest BCUT2D eigenvalue weighted by atomic mass is 32.1. The minimum absolute atomic E-state index is 0.0497. The van der Waals surface area contributed by atoms with Crippen molar-refractivity contribution in [1.29, 1.82) is 0 Å². The molecule has 1 heterocycles. The topological polar surface area (TPSA) is 33.1 Å². The molecule has 0 bridgehead atoms. The molecule has 1 aliphatic rings. The van der Waals surface area contributed by atoms with Gasteiger partial charge < -0.3 is 5.11 Å². The number of rotatable bonds is 3. The molecule has 0 aliphatic heterocycles. The van der Waals surface area contributed by atoms with Gasteiger partial charge in [-0.1, -0.05) is 12.2 Å². The predicted molar refractivity (Wildman–Crippen MR) is 53.7 cm³/mol. The third-order valence-electron chi connectivity index (χ3n) is 2.64. The first-order valence-electron chi connectivity index (χ1n) is 4.48. The number of thiazole rings is 1. The van der Waals surface area contributed by atoms with E-state index < -0.39 is 0 Å². The summed E-state index contributed by atoms with van der Waals surface area (Å²) in [6, 6.07) is 0. The molecular weight excluding hydrogens is 182 g/mol. The molecule has 1 aliphatic carbocycles. The summed E-state index contributed by atoms with van der Waals surface area (Å²) >= 11 is 1.62. The van der Waals surface area contributed by atoms with Gasteiger partial charge in [0.2, 0.25) is 0 Å². The molecule has 1 N–H and O–H groups in total. The van der Waals surface area contributed by atoms with Gasteiger partial charge in [-0.3, -0.25) is 0 Å². The lowest BCUT2D eigenvalue weighted by molar-refractivity contribution is 0.135. The van der Waals surface area contributed by atoms with Crippen LogP contribution in [0.25, 0.3) is 0 Å². The summed E-state index contributed by atoms with van der Waals surface area (Å²) in [5, 5.41) is 11.4. The summed E-state index contributed by atoms with van der Waals surface area (Å²) in [7, 11) is 0. The first kappa shape index (κ1) is 8.91. The maximum Gasteiger partial charge on any atom is 0.0794 e. The fourth-order valence-corrected chi connectivity index (χ4v) is 2.35. The first-order valence-corrected chi connectivity index (χ1v) is 5.42. The number of allylic oxidation sites excluding steroid dienone is 2. The van der Waals surface area contributed by atoms with E-state index in [0.29, 0.717) is 0 Å². The van der Waals surface area contributed by atoms with Crippen molar-refractivity contribution >= 4 is 11.3 Å². The molecule has 13 heavy (non-hydrogen) atoms. The van der Waals surface area contributed by atoms with Crippen LogP contribution in [0.3, 0.4) is 0 Å². The summed E-state index contributed by atoms with van der Waals surface area (Å²) in [4.78, 5) is 4.25. The molecule has 0 unspecified atom stereocenters. The van der Waals surface area contributed by atoms with E-state index in [-0.39, 0.29) is 12.0 Å². The van der Waals surface area contributed by atoms with E-state index in [9.17, 15) is 5.11 Å². The van der Waals surface area contributed by atoms with Crippen LogP contribution in [0.4, 0.5) is 0 Å². The summed E-state index contributed by atoms with van der Waals surface area (Å²) in [6.45, 7) is 0.261. The average molecular weight is 195 g/mol. The van der Waals surface area contributed by atoms with Gasteiger partial charge in [0.05, 0.1) is 11.2 Å². The van der Waals surface area contributed by atoms with Crippen LogP contribution < -0.4 is 0 Å². The maximum absolute atomic E-state index is 9.35. The smallest absolute Gasteiger partial charge is 0.0794 e. The molecule has 0 fully saturated rings. The zero-order valence-corrected chi connectivity index (χ0v) is 8.26. The zero-order valence-electron chi connectivity index (χ0n) is 7.44. The maximum atomic E-state index is 9.35. The van der Waals surface area contributed by atoms with E-state index in [1.807, 2.05) is 5.51 Å². The standard InChI is InChI=1S/C10H13NOS/c12-7-10(3-1-2-4-10)5-9-6-13-8-11-9/h1-2,6,8,12H,3-5,7H2. The van der Waals surface area contributed by atoms with Crippen LogP contribution in [0.15, 0.2) is 23.0 Å². The van der Waals surface area contributed by atoms with E-state index in [4.69, 9.17) is 0 Å². The van der Waals surface area contributed by atoms with E-state index in [0.717, 1.165) is 25.0 Å². The average Bonchev–Trinajstić information content (AvgIpc) is 2.77. The Bertz CT molecular complexity index is 284. The Balaban J connectivity index is 2.07. The van der Waals surface area contributed by atoms with E-state index in [1.165, 1.54) is 0 Å². The van der Waals surface area contributed by atoms with Crippen LogP contribution in [0, 0.1) is 5.41 Å². The SMILES string of the molecule is OCC1(Cc2cscn2)CC=CC1. The van der Waals surface area contributed by atoms with Gasteiger partial charge in [0.1, 0.15) is 0 Å². The minimum atomic E-state index is 0.0497. The van der Waals surface area contributed by atoms with Crippen molar-refractivity contribution < 1.29 is 5.11 Å². The van der Waals surface area contributed by atoms with Gasteiger partial charge in [-0.05, 0) is 19.3 Å². The summed E-state index contributed by atoms with van der Waals surface area (Å²) < 4.78 is 0. The summed E-state index contributed by atoms with van der Waals surface area (Å²) in [5.74, 6) is 0. The molecule has 0 radical (unpaired) electrons. The minimum Gasteiger partial charge on any atom is -0.396 e. The fraction of sp³-hybridized carbons (Fsp3) is 0.500. The Morgan fingerprint density at radius 1 is 1.46 bits per heavy atom. The van der Waals surface area contributed by atoms with Crippen molar-refractivity contribution in [3.63, 3.8) is 0 Å². The van der Waals surface area contributed by atoms with E-state index in [1.54, 1.807) is 11.3 Å². The van der Waals surface area contributed by atoms with Gasteiger partial charge in [-0.25, -0.2) is 4.98 Å². The highest BCUT2D eigenvalue weighted by Crippen LogP contribution is 2.35. The highest BCUT2D eigenvalue weighted by molar-refractivity contribution is 7.07. The van der Waals surface area contributed by atoms with Gasteiger partial charge >= 0.3 is 0 Å². The largest absolute Gasteiger partial charge is 0.396 e. The molecule has 0 atom stereocenters. The Morgan fingerprint density at radius 2 is 2.23 bits per heavy atom. The molecule has 1 aromatic heterocycles. The highest BCUT2D eigenvalue weighted by Gasteiger charge is 2.30. The number of aliphatic hydroxyl groups is 1. The number of hydrogen-bond acceptors (Lipinski definition) is 3. The third-order valence-corrected chi connectivity index (χ3v) is 3.28. The summed E-state index contributed by atoms with van der Waals surface area (Å²) in [5.41, 5.74) is 3.01.